The number of hydrogen-bond donors (Lipinski definition) is 2. The van der Waals surface area contributed by atoms with Crippen LogP contribution in [0.25, 0.3) is 0 Å². The van der Waals surface area contributed by atoms with Gasteiger partial charge in [-0.05, 0) is 39.0 Å². The fourth-order valence-electron chi connectivity index (χ4n) is 2.91. The minimum absolute atomic E-state index is 0.105. The average Bonchev–Trinajstić information content (AvgIpc) is 2.60. The van der Waals surface area contributed by atoms with E-state index in [1.807, 2.05) is 0 Å². The maximum atomic E-state index is 11.2. The summed E-state index contributed by atoms with van der Waals surface area (Å²) in [5.74, 6) is -2.68. The maximum Gasteiger partial charge on any atom is 0.330 e. The van der Waals surface area contributed by atoms with Gasteiger partial charge in [-0.3, -0.25) is 4.79 Å². The van der Waals surface area contributed by atoms with Crippen LogP contribution in [0.4, 0.5) is 0 Å². The van der Waals surface area contributed by atoms with Crippen molar-refractivity contribution in [3.05, 3.63) is 23.8 Å². The SMILES string of the molecule is CCCCCCCC/C=C\CCCCCCC(/C=C(\C)C(=O)O)C(=O)O. The Morgan fingerprint density at radius 3 is 1.81 bits per heavy atom. The largest absolute Gasteiger partial charge is 0.481 e. The second kappa shape index (κ2) is 16.9. The molecule has 0 saturated heterocycles. The summed E-state index contributed by atoms with van der Waals surface area (Å²) in [4.78, 5) is 22.0. The summed E-state index contributed by atoms with van der Waals surface area (Å²) in [5, 5.41) is 18.0. The second-order valence-electron chi connectivity index (χ2n) is 7.12. The van der Waals surface area contributed by atoms with Gasteiger partial charge in [-0.2, -0.15) is 0 Å². The number of carboxylic acid groups (broad SMARTS) is 2. The standard InChI is InChI=1S/C22H38O4/c1-3-4-5-6-7-8-9-10-11-12-13-14-15-16-17-20(22(25)26)18-19(2)21(23)24/h10-11,18,20H,3-9,12-17H2,1-2H3,(H,23,24)(H,25,26)/b11-10-,19-18+. The number of carboxylic acids is 2. The van der Waals surface area contributed by atoms with Gasteiger partial charge >= 0.3 is 11.9 Å². The minimum Gasteiger partial charge on any atom is -0.481 e. The molecule has 1 atom stereocenters. The first-order valence-electron chi connectivity index (χ1n) is 10.3. The van der Waals surface area contributed by atoms with Crippen molar-refractivity contribution < 1.29 is 19.8 Å². The molecule has 1 unspecified atom stereocenters. The monoisotopic (exact) mass is 366 g/mol. The number of unbranched alkanes of at least 4 members (excludes halogenated alkanes) is 10. The molecule has 0 aromatic rings. The zero-order valence-electron chi connectivity index (χ0n) is 16.7. The molecular weight excluding hydrogens is 328 g/mol. The maximum absolute atomic E-state index is 11.2. The summed E-state index contributed by atoms with van der Waals surface area (Å²) in [7, 11) is 0. The van der Waals surface area contributed by atoms with Crippen molar-refractivity contribution in [3.63, 3.8) is 0 Å². The van der Waals surface area contributed by atoms with E-state index < -0.39 is 17.9 Å². The van der Waals surface area contributed by atoms with Gasteiger partial charge in [0.05, 0.1) is 5.92 Å². The molecule has 0 aliphatic rings. The molecule has 0 rings (SSSR count). The molecule has 0 spiro atoms. The smallest absolute Gasteiger partial charge is 0.330 e. The molecule has 0 aromatic carbocycles. The van der Waals surface area contributed by atoms with Crippen molar-refractivity contribution in [2.45, 2.75) is 97.3 Å². The molecule has 0 bridgehead atoms. The molecule has 0 fully saturated rings. The van der Waals surface area contributed by atoms with Crippen molar-refractivity contribution in [1.82, 2.24) is 0 Å². The van der Waals surface area contributed by atoms with Crippen LogP contribution in [0.5, 0.6) is 0 Å². The van der Waals surface area contributed by atoms with Crippen LogP contribution in [0.3, 0.4) is 0 Å². The van der Waals surface area contributed by atoms with Crippen LogP contribution >= 0.6 is 0 Å². The molecule has 150 valence electrons. The number of hydrogen-bond acceptors (Lipinski definition) is 2. The lowest BCUT2D eigenvalue weighted by molar-refractivity contribution is -0.140. The van der Waals surface area contributed by atoms with Gasteiger partial charge in [-0.25, -0.2) is 4.79 Å². The second-order valence-corrected chi connectivity index (χ2v) is 7.12. The molecule has 0 aliphatic carbocycles. The van der Waals surface area contributed by atoms with E-state index in [2.05, 4.69) is 19.1 Å². The van der Waals surface area contributed by atoms with Crippen LogP contribution in [0.2, 0.25) is 0 Å². The van der Waals surface area contributed by atoms with Gasteiger partial charge in [0.2, 0.25) is 0 Å². The number of rotatable bonds is 17. The van der Waals surface area contributed by atoms with Gasteiger partial charge in [-0.1, -0.05) is 76.5 Å². The van der Waals surface area contributed by atoms with Gasteiger partial charge in [-0.15, -0.1) is 0 Å². The summed E-state index contributed by atoms with van der Waals surface area (Å²) in [6.07, 6.45) is 20.8. The highest BCUT2D eigenvalue weighted by molar-refractivity contribution is 5.87. The average molecular weight is 367 g/mol. The van der Waals surface area contributed by atoms with Crippen molar-refractivity contribution >= 4 is 11.9 Å². The van der Waals surface area contributed by atoms with Gasteiger partial charge in [0.15, 0.2) is 0 Å². The Morgan fingerprint density at radius 1 is 0.808 bits per heavy atom. The van der Waals surface area contributed by atoms with Crippen molar-refractivity contribution in [1.29, 1.82) is 0 Å². The molecule has 0 aromatic heterocycles. The number of carbonyl (C=O) groups is 2. The van der Waals surface area contributed by atoms with Crippen LogP contribution in [0, 0.1) is 5.92 Å². The molecular formula is C22H38O4. The van der Waals surface area contributed by atoms with Crippen molar-refractivity contribution in [2.24, 2.45) is 5.92 Å². The normalized spacial score (nSPS) is 13.2. The summed E-state index contributed by atoms with van der Waals surface area (Å²) < 4.78 is 0. The highest BCUT2D eigenvalue weighted by atomic mass is 16.4. The van der Waals surface area contributed by atoms with Crippen LogP contribution in [0.15, 0.2) is 23.8 Å². The van der Waals surface area contributed by atoms with E-state index in [0.717, 1.165) is 32.1 Å². The lowest BCUT2D eigenvalue weighted by atomic mass is 9.98. The molecule has 4 nitrogen and oxygen atoms in total. The molecule has 4 heteroatoms. The van der Waals surface area contributed by atoms with E-state index in [1.54, 1.807) is 0 Å². The van der Waals surface area contributed by atoms with Crippen molar-refractivity contribution in [3.8, 4) is 0 Å². The van der Waals surface area contributed by atoms with E-state index in [9.17, 15) is 9.59 Å². The van der Waals surface area contributed by atoms with Crippen LogP contribution in [-0.4, -0.2) is 22.2 Å². The first-order chi connectivity index (χ1) is 12.5. The van der Waals surface area contributed by atoms with Gasteiger partial charge in [0.1, 0.15) is 0 Å². The number of allylic oxidation sites excluding steroid dienone is 2. The quantitative estimate of drug-likeness (QED) is 0.178. The van der Waals surface area contributed by atoms with E-state index in [1.165, 1.54) is 57.9 Å². The molecule has 0 heterocycles. The summed E-state index contributed by atoms with van der Waals surface area (Å²) in [6, 6.07) is 0. The summed E-state index contributed by atoms with van der Waals surface area (Å²) >= 11 is 0. The van der Waals surface area contributed by atoms with Crippen LogP contribution < -0.4 is 0 Å². The Bertz CT molecular complexity index is 437. The fraction of sp³-hybridized carbons (Fsp3) is 0.727. The lowest BCUT2D eigenvalue weighted by Crippen LogP contribution is -2.13. The Morgan fingerprint density at radius 2 is 1.31 bits per heavy atom. The predicted octanol–water partition coefficient (Wildman–Crippen LogP) is 6.37. The molecule has 26 heavy (non-hydrogen) atoms. The van der Waals surface area contributed by atoms with Gasteiger partial charge < -0.3 is 10.2 Å². The summed E-state index contributed by atoms with van der Waals surface area (Å²) in [5.41, 5.74) is 0.105. The van der Waals surface area contributed by atoms with Crippen LogP contribution in [0.1, 0.15) is 97.3 Å². The Balaban J connectivity index is 3.64. The van der Waals surface area contributed by atoms with E-state index in [-0.39, 0.29) is 5.57 Å². The van der Waals surface area contributed by atoms with Gasteiger partial charge in [0.25, 0.3) is 0 Å². The topological polar surface area (TPSA) is 74.6 Å². The van der Waals surface area contributed by atoms with Crippen molar-refractivity contribution in [2.75, 3.05) is 0 Å². The first kappa shape index (κ1) is 24.4. The predicted molar refractivity (Wildman–Crippen MR) is 107 cm³/mol. The number of aliphatic carboxylic acids is 2. The highest BCUT2D eigenvalue weighted by Crippen LogP contribution is 2.15. The Labute approximate surface area is 159 Å². The van der Waals surface area contributed by atoms with E-state index in [4.69, 9.17) is 10.2 Å². The zero-order chi connectivity index (χ0) is 19.6. The third kappa shape index (κ3) is 14.7. The van der Waals surface area contributed by atoms with E-state index >= 15 is 0 Å². The Kier molecular flexibility index (Phi) is 15.8. The molecule has 2 N–H and O–H groups in total. The zero-order valence-corrected chi connectivity index (χ0v) is 16.7. The fourth-order valence-corrected chi connectivity index (χ4v) is 2.91. The Hall–Kier alpha value is -1.58. The third-order valence-corrected chi connectivity index (χ3v) is 4.63. The third-order valence-electron chi connectivity index (χ3n) is 4.63. The van der Waals surface area contributed by atoms with Gasteiger partial charge in [0, 0.05) is 5.57 Å². The molecule has 0 saturated carbocycles. The molecule has 0 amide bonds. The highest BCUT2D eigenvalue weighted by Gasteiger charge is 2.15. The van der Waals surface area contributed by atoms with E-state index in [0.29, 0.717) is 6.42 Å². The lowest BCUT2D eigenvalue weighted by Gasteiger charge is -2.08. The first-order valence-corrected chi connectivity index (χ1v) is 10.3. The molecule has 0 aliphatic heterocycles. The minimum atomic E-state index is -1.05. The van der Waals surface area contributed by atoms with Crippen LogP contribution in [-0.2, 0) is 9.59 Å². The summed E-state index contributed by atoms with van der Waals surface area (Å²) in [6.45, 7) is 3.68. The molecule has 0 radical (unpaired) electrons.